The highest BCUT2D eigenvalue weighted by Crippen LogP contribution is 2.31. The maximum atomic E-state index is 14.1. The lowest BCUT2D eigenvalue weighted by Crippen LogP contribution is -2.55. The van der Waals surface area contributed by atoms with Gasteiger partial charge in [-0.2, -0.15) is 23.5 Å². The van der Waals surface area contributed by atoms with Gasteiger partial charge in [-0.3, -0.25) is 19.1 Å². The summed E-state index contributed by atoms with van der Waals surface area (Å²) < 4.78 is 45.4. The third-order valence-electron chi connectivity index (χ3n) is 9.29. The normalized spacial score (nSPS) is 14.1. The first-order valence-corrected chi connectivity index (χ1v) is 17.1. The van der Waals surface area contributed by atoms with Crippen molar-refractivity contribution in [3.05, 3.63) is 124 Å². The zero-order chi connectivity index (χ0) is 38.5. The number of piperidine rings is 1. The van der Waals surface area contributed by atoms with Crippen LogP contribution in [-0.4, -0.2) is 86.7 Å². The standard InChI is InChI=1S/C33H35F3N8O3.C6H6/c1-21(31(46)41-17-14-26(15-18-41)44(3,4)5)39-30(45)28-29(27-13-16-38-42(27)24-11-9-22(20-37)10-12-24)40(2)43(32(28)47)25-8-6-7-23(19-25)33(34,35)36;1-2-4-6-5-3-1/h6-13,16,19,21,26H,14-15,17-18H2,1-5H3;1-6H/p+1. The molecule has 0 saturated carbocycles. The molecule has 1 aliphatic heterocycles. The molecule has 2 aromatic heterocycles. The van der Waals surface area contributed by atoms with Crippen LogP contribution in [0.2, 0.25) is 0 Å². The van der Waals surface area contributed by atoms with E-state index >= 15 is 0 Å². The summed E-state index contributed by atoms with van der Waals surface area (Å²) in [5.74, 6) is -1.16. The van der Waals surface area contributed by atoms with Crippen LogP contribution in [0, 0.1) is 11.3 Å². The van der Waals surface area contributed by atoms with E-state index in [1.807, 2.05) is 42.5 Å². The lowest BCUT2D eigenvalue weighted by Gasteiger charge is -2.40. The molecule has 2 amide bonds. The van der Waals surface area contributed by atoms with E-state index in [1.54, 1.807) is 42.2 Å². The van der Waals surface area contributed by atoms with Crippen LogP contribution in [0.1, 0.15) is 41.3 Å². The van der Waals surface area contributed by atoms with Gasteiger partial charge in [-0.15, -0.1) is 0 Å². The average molecular weight is 728 g/mol. The van der Waals surface area contributed by atoms with E-state index in [9.17, 15) is 32.8 Å². The highest BCUT2D eigenvalue weighted by atomic mass is 19.4. The molecular formula is C39H42F3N8O3+. The molecule has 1 atom stereocenters. The SMILES string of the molecule is CC(NC(=O)c1c(-c2ccnn2-c2ccc(C#N)cc2)n(C)n(-c2cccc(C(F)(F)F)c2)c1=O)C(=O)N1CCC([N+](C)(C)C)CC1.c1ccccc1. The summed E-state index contributed by atoms with van der Waals surface area (Å²) in [6.45, 7) is 2.60. The summed E-state index contributed by atoms with van der Waals surface area (Å²) in [5.41, 5.74) is -1.06. The fraction of sp³-hybridized carbons (Fsp3) is 0.308. The van der Waals surface area contributed by atoms with Gasteiger partial charge in [0.1, 0.15) is 17.3 Å². The van der Waals surface area contributed by atoms with Crippen molar-refractivity contribution in [3.8, 4) is 28.8 Å². The summed E-state index contributed by atoms with van der Waals surface area (Å²) in [5, 5.41) is 16.3. The van der Waals surface area contributed by atoms with E-state index in [0.29, 0.717) is 30.4 Å². The topological polar surface area (TPSA) is 118 Å². The van der Waals surface area contributed by atoms with Gasteiger partial charge in [-0.1, -0.05) is 42.5 Å². The molecule has 11 nitrogen and oxygen atoms in total. The van der Waals surface area contributed by atoms with Crippen molar-refractivity contribution in [1.82, 2.24) is 29.4 Å². The third kappa shape index (κ3) is 8.58. The molecule has 3 heterocycles. The molecule has 0 spiro atoms. The van der Waals surface area contributed by atoms with Gasteiger partial charge < -0.3 is 14.7 Å². The van der Waals surface area contributed by atoms with Crippen LogP contribution in [-0.2, 0) is 18.0 Å². The minimum Gasteiger partial charge on any atom is -0.340 e. The molecular weight excluding hydrogens is 685 g/mol. The fourth-order valence-corrected chi connectivity index (χ4v) is 6.42. The number of likely N-dealkylation sites (tertiary alicyclic amines) is 1. The van der Waals surface area contributed by atoms with Gasteiger partial charge in [0.05, 0.1) is 67.6 Å². The average Bonchev–Trinajstić information content (AvgIpc) is 3.73. The second-order valence-corrected chi connectivity index (χ2v) is 13.7. The number of amides is 2. The number of aromatic nitrogens is 4. The molecule has 6 rings (SSSR count). The van der Waals surface area contributed by atoms with Crippen LogP contribution in [0.15, 0.2) is 102 Å². The van der Waals surface area contributed by atoms with E-state index < -0.39 is 29.2 Å². The Morgan fingerprint density at radius 2 is 1.53 bits per heavy atom. The van der Waals surface area contributed by atoms with E-state index in [-0.39, 0.29) is 28.5 Å². The number of nitrogens with one attached hydrogen (secondary N) is 1. The molecule has 14 heteroatoms. The van der Waals surface area contributed by atoms with Crippen molar-refractivity contribution in [1.29, 1.82) is 5.26 Å². The van der Waals surface area contributed by atoms with Crippen LogP contribution < -0.4 is 10.9 Å². The van der Waals surface area contributed by atoms with E-state index in [4.69, 9.17) is 0 Å². The summed E-state index contributed by atoms with van der Waals surface area (Å²) in [6, 6.07) is 25.7. The number of hydrogen-bond donors (Lipinski definition) is 1. The first-order chi connectivity index (χ1) is 25.1. The molecule has 53 heavy (non-hydrogen) atoms. The van der Waals surface area contributed by atoms with Crippen LogP contribution in [0.5, 0.6) is 0 Å². The summed E-state index contributed by atoms with van der Waals surface area (Å²) in [7, 11) is 7.79. The maximum Gasteiger partial charge on any atom is 0.416 e. The first kappa shape index (κ1) is 38.3. The Morgan fingerprint density at radius 3 is 2.08 bits per heavy atom. The number of carbonyl (C=O) groups excluding carboxylic acids is 2. The summed E-state index contributed by atoms with van der Waals surface area (Å²) in [6.07, 6.45) is -1.61. The van der Waals surface area contributed by atoms with Crippen molar-refractivity contribution < 1.29 is 27.2 Å². The Hall–Kier alpha value is -5.94. The number of benzene rings is 3. The Balaban J connectivity index is 0.000000820. The smallest absolute Gasteiger partial charge is 0.340 e. The highest BCUT2D eigenvalue weighted by Gasteiger charge is 2.35. The largest absolute Gasteiger partial charge is 0.416 e. The van der Waals surface area contributed by atoms with Gasteiger partial charge in [0.15, 0.2) is 0 Å². The minimum absolute atomic E-state index is 0.0650. The predicted molar refractivity (Wildman–Crippen MR) is 194 cm³/mol. The zero-order valence-electron chi connectivity index (χ0n) is 30.2. The second-order valence-electron chi connectivity index (χ2n) is 13.7. The van der Waals surface area contributed by atoms with Crippen molar-refractivity contribution >= 4 is 11.8 Å². The molecule has 0 bridgehead atoms. The number of hydrogen-bond acceptors (Lipinski definition) is 5. The molecule has 1 unspecified atom stereocenters. The molecule has 1 N–H and O–H groups in total. The lowest BCUT2D eigenvalue weighted by molar-refractivity contribution is -0.897. The second kappa shape index (κ2) is 15.7. The fourth-order valence-electron chi connectivity index (χ4n) is 6.42. The predicted octanol–water partition coefficient (Wildman–Crippen LogP) is 5.42. The van der Waals surface area contributed by atoms with E-state index in [0.717, 1.165) is 34.1 Å². The molecule has 3 aromatic carbocycles. The molecule has 1 fully saturated rings. The zero-order valence-corrected chi connectivity index (χ0v) is 30.2. The molecule has 0 aliphatic carbocycles. The Bertz CT molecular complexity index is 2120. The Labute approximate surface area is 305 Å². The molecule has 0 radical (unpaired) electrons. The molecule has 5 aromatic rings. The van der Waals surface area contributed by atoms with Crippen molar-refractivity contribution in [2.24, 2.45) is 7.05 Å². The van der Waals surface area contributed by atoms with Gasteiger partial charge >= 0.3 is 6.18 Å². The molecule has 276 valence electrons. The number of nitrogens with zero attached hydrogens (tertiary/aromatic N) is 7. The highest BCUT2D eigenvalue weighted by molar-refractivity contribution is 6.02. The number of halogens is 3. The van der Waals surface area contributed by atoms with Crippen molar-refractivity contribution in [3.63, 3.8) is 0 Å². The Kier molecular flexibility index (Phi) is 11.4. The van der Waals surface area contributed by atoms with Gasteiger partial charge in [-0.05, 0) is 55.5 Å². The number of alkyl halides is 3. The molecule has 1 saturated heterocycles. The summed E-state index contributed by atoms with van der Waals surface area (Å²) in [4.78, 5) is 43.1. The summed E-state index contributed by atoms with van der Waals surface area (Å²) >= 11 is 0. The quantitative estimate of drug-likeness (QED) is 0.225. The van der Waals surface area contributed by atoms with Crippen LogP contribution in [0.3, 0.4) is 0 Å². The minimum atomic E-state index is -4.67. The van der Waals surface area contributed by atoms with E-state index in [1.165, 1.54) is 34.7 Å². The third-order valence-corrected chi connectivity index (χ3v) is 9.29. The van der Waals surface area contributed by atoms with Crippen LogP contribution in [0.25, 0.3) is 22.8 Å². The van der Waals surface area contributed by atoms with Gasteiger partial charge in [0, 0.05) is 33.0 Å². The number of quaternary nitrogens is 1. The van der Waals surface area contributed by atoms with Gasteiger partial charge in [0.2, 0.25) is 5.91 Å². The van der Waals surface area contributed by atoms with Crippen molar-refractivity contribution in [2.75, 3.05) is 34.2 Å². The van der Waals surface area contributed by atoms with Crippen molar-refractivity contribution in [2.45, 2.75) is 38.0 Å². The number of nitriles is 1. The number of carbonyl (C=O) groups is 2. The molecule has 1 aliphatic rings. The van der Waals surface area contributed by atoms with Crippen LogP contribution >= 0.6 is 0 Å². The number of rotatable bonds is 7. The van der Waals surface area contributed by atoms with Gasteiger partial charge in [0.25, 0.3) is 11.5 Å². The van der Waals surface area contributed by atoms with E-state index in [2.05, 4.69) is 31.6 Å². The monoisotopic (exact) mass is 727 g/mol. The Morgan fingerprint density at radius 1 is 0.925 bits per heavy atom. The van der Waals surface area contributed by atoms with Crippen LogP contribution in [0.4, 0.5) is 13.2 Å². The first-order valence-electron chi connectivity index (χ1n) is 17.1. The maximum absolute atomic E-state index is 14.1. The van der Waals surface area contributed by atoms with Gasteiger partial charge in [-0.25, -0.2) is 9.36 Å². The lowest BCUT2D eigenvalue weighted by atomic mass is 10.0.